The van der Waals surface area contributed by atoms with E-state index in [0.717, 1.165) is 27.7 Å². The number of hydrogen-bond acceptors (Lipinski definition) is 4. The number of amides is 1. The maximum Gasteiger partial charge on any atom is 0.287 e. The average Bonchev–Trinajstić information content (AvgIpc) is 2.93. The second-order valence-electron chi connectivity index (χ2n) is 6.54. The van der Waals surface area contributed by atoms with Gasteiger partial charge < -0.3 is 9.73 Å². The molecule has 2 aromatic carbocycles. The molecule has 5 nitrogen and oxygen atoms in total. The van der Waals surface area contributed by atoms with Crippen LogP contribution in [0.1, 0.15) is 40.2 Å². The van der Waals surface area contributed by atoms with Crippen molar-refractivity contribution in [3.05, 3.63) is 64.9 Å². The normalized spacial score (nSPS) is 12.9. The van der Waals surface area contributed by atoms with Crippen LogP contribution in [0.4, 0.5) is 0 Å². The number of fused-ring (bicyclic) bond motifs is 1. The molecule has 0 bridgehead atoms. The fraction of sp³-hybridized carbons (Fsp3) is 0.250. The van der Waals surface area contributed by atoms with Gasteiger partial charge in [-0.15, -0.1) is 0 Å². The third kappa shape index (κ3) is 3.37. The van der Waals surface area contributed by atoms with Crippen molar-refractivity contribution < 1.29 is 17.6 Å². The summed E-state index contributed by atoms with van der Waals surface area (Å²) in [6, 6.07) is 12.0. The van der Waals surface area contributed by atoms with Crippen LogP contribution in [0.3, 0.4) is 0 Å². The van der Waals surface area contributed by atoms with Crippen LogP contribution in [-0.4, -0.2) is 20.6 Å². The monoisotopic (exact) mass is 371 g/mol. The van der Waals surface area contributed by atoms with Gasteiger partial charge in [-0.1, -0.05) is 30.3 Å². The molecule has 136 valence electrons. The highest BCUT2D eigenvalue weighted by molar-refractivity contribution is 7.90. The van der Waals surface area contributed by atoms with Gasteiger partial charge in [-0.05, 0) is 44.0 Å². The number of rotatable bonds is 4. The summed E-state index contributed by atoms with van der Waals surface area (Å²) in [5.41, 5.74) is 3.32. The lowest BCUT2D eigenvalue weighted by Gasteiger charge is -2.14. The van der Waals surface area contributed by atoms with Gasteiger partial charge in [-0.3, -0.25) is 4.79 Å². The summed E-state index contributed by atoms with van der Waals surface area (Å²) < 4.78 is 28.9. The van der Waals surface area contributed by atoms with E-state index in [1.165, 1.54) is 6.26 Å². The minimum absolute atomic E-state index is 0.253. The first kappa shape index (κ1) is 18.2. The molecule has 0 fully saturated rings. The SMILES string of the molecule is Cc1c(C(=O)N[C@H](C)c2ccc(S(C)(=O)=O)cc2)oc2c(C)cccc12. The van der Waals surface area contributed by atoms with E-state index in [1.54, 1.807) is 24.3 Å². The van der Waals surface area contributed by atoms with E-state index in [0.29, 0.717) is 5.76 Å². The van der Waals surface area contributed by atoms with E-state index in [1.807, 2.05) is 39.0 Å². The van der Waals surface area contributed by atoms with E-state index in [-0.39, 0.29) is 16.8 Å². The van der Waals surface area contributed by atoms with Gasteiger partial charge in [0.2, 0.25) is 0 Å². The number of benzene rings is 2. The molecule has 0 aliphatic rings. The average molecular weight is 371 g/mol. The van der Waals surface area contributed by atoms with Gasteiger partial charge in [0, 0.05) is 17.2 Å². The number of carbonyl (C=O) groups is 1. The lowest BCUT2D eigenvalue weighted by Crippen LogP contribution is -2.26. The number of furan rings is 1. The quantitative estimate of drug-likeness (QED) is 0.753. The van der Waals surface area contributed by atoms with Crippen LogP contribution in [0.15, 0.2) is 51.8 Å². The van der Waals surface area contributed by atoms with Crippen molar-refractivity contribution >= 4 is 26.7 Å². The first-order valence-electron chi connectivity index (χ1n) is 8.28. The van der Waals surface area contributed by atoms with E-state index in [9.17, 15) is 13.2 Å². The highest BCUT2D eigenvalue weighted by atomic mass is 32.2. The molecule has 0 radical (unpaired) electrons. The summed E-state index contributed by atoms with van der Waals surface area (Å²) in [5.74, 6) is 0.00620. The molecule has 0 aliphatic carbocycles. The molecule has 1 atom stereocenters. The van der Waals surface area contributed by atoms with Crippen molar-refractivity contribution in [1.29, 1.82) is 0 Å². The fourth-order valence-electron chi connectivity index (χ4n) is 2.95. The van der Waals surface area contributed by atoms with E-state index < -0.39 is 9.84 Å². The van der Waals surface area contributed by atoms with Gasteiger partial charge in [0.25, 0.3) is 5.91 Å². The second kappa shape index (κ2) is 6.61. The van der Waals surface area contributed by atoms with Crippen LogP contribution in [-0.2, 0) is 9.84 Å². The van der Waals surface area contributed by atoms with Crippen LogP contribution < -0.4 is 5.32 Å². The molecule has 1 N–H and O–H groups in total. The van der Waals surface area contributed by atoms with Crippen molar-refractivity contribution in [2.45, 2.75) is 31.7 Å². The molecule has 26 heavy (non-hydrogen) atoms. The predicted octanol–water partition coefficient (Wildman–Crippen LogP) is 3.94. The zero-order chi connectivity index (χ0) is 19.1. The largest absolute Gasteiger partial charge is 0.450 e. The highest BCUT2D eigenvalue weighted by Gasteiger charge is 2.20. The van der Waals surface area contributed by atoms with Gasteiger partial charge in [0.1, 0.15) is 5.58 Å². The molecule has 3 aromatic rings. The smallest absolute Gasteiger partial charge is 0.287 e. The fourth-order valence-corrected chi connectivity index (χ4v) is 3.58. The lowest BCUT2D eigenvalue weighted by atomic mass is 10.1. The minimum atomic E-state index is -3.24. The van der Waals surface area contributed by atoms with Crippen molar-refractivity contribution in [3.8, 4) is 0 Å². The maximum atomic E-state index is 12.7. The second-order valence-corrected chi connectivity index (χ2v) is 8.56. The van der Waals surface area contributed by atoms with E-state index in [2.05, 4.69) is 5.32 Å². The summed E-state index contributed by atoms with van der Waals surface area (Å²) in [6.07, 6.45) is 1.17. The molecular formula is C20H21NO4S. The van der Waals surface area contributed by atoms with Crippen LogP contribution in [0.5, 0.6) is 0 Å². The molecule has 6 heteroatoms. The Kier molecular flexibility index (Phi) is 4.63. The molecule has 0 aliphatic heterocycles. The Balaban J connectivity index is 1.84. The summed E-state index contributed by atoms with van der Waals surface area (Å²) in [5, 5.41) is 3.84. The number of para-hydroxylation sites is 1. The summed E-state index contributed by atoms with van der Waals surface area (Å²) in [6.45, 7) is 5.65. The van der Waals surface area contributed by atoms with Gasteiger partial charge in [-0.2, -0.15) is 0 Å². The summed E-state index contributed by atoms with van der Waals surface area (Å²) >= 11 is 0. The standard InChI is InChI=1S/C20H21NO4S/c1-12-6-5-7-17-13(2)19(25-18(12)17)20(22)21-14(3)15-8-10-16(11-9-15)26(4,23)24/h5-11,14H,1-4H3,(H,21,22)/t14-/m1/s1. The third-order valence-electron chi connectivity index (χ3n) is 4.52. The van der Waals surface area contributed by atoms with Crippen LogP contribution in [0.2, 0.25) is 0 Å². The van der Waals surface area contributed by atoms with Gasteiger partial charge in [-0.25, -0.2) is 8.42 Å². The van der Waals surface area contributed by atoms with Crippen LogP contribution in [0, 0.1) is 13.8 Å². The van der Waals surface area contributed by atoms with Gasteiger partial charge in [0.15, 0.2) is 15.6 Å². The number of carbonyl (C=O) groups excluding carboxylic acids is 1. The predicted molar refractivity (Wildman–Crippen MR) is 101 cm³/mol. The van der Waals surface area contributed by atoms with Crippen molar-refractivity contribution in [2.24, 2.45) is 0 Å². The molecule has 1 amide bonds. The topological polar surface area (TPSA) is 76.4 Å². The van der Waals surface area contributed by atoms with Gasteiger partial charge >= 0.3 is 0 Å². The van der Waals surface area contributed by atoms with Crippen molar-refractivity contribution in [1.82, 2.24) is 5.32 Å². The molecule has 1 aromatic heterocycles. The summed E-state index contributed by atoms with van der Waals surface area (Å²) in [4.78, 5) is 12.9. The molecule has 1 heterocycles. The Morgan fingerprint density at radius 2 is 1.73 bits per heavy atom. The van der Waals surface area contributed by atoms with E-state index >= 15 is 0 Å². The first-order valence-corrected chi connectivity index (χ1v) is 10.2. The molecular weight excluding hydrogens is 350 g/mol. The van der Waals surface area contributed by atoms with Gasteiger partial charge in [0.05, 0.1) is 10.9 Å². The highest BCUT2D eigenvalue weighted by Crippen LogP contribution is 2.28. The first-order chi connectivity index (χ1) is 12.2. The molecule has 0 saturated heterocycles. The Labute approximate surface area is 152 Å². The number of hydrogen-bond donors (Lipinski definition) is 1. The Hall–Kier alpha value is -2.60. The molecule has 0 spiro atoms. The molecule has 0 saturated carbocycles. The Bertz CT molecular complexity index is 1080. The zero-order valence-electron chi connectivity index (χ0n) is 15.2. The zero-order valence-corrected chi connectivity index (χ0v) is 16.0. The Morgan fingerprint density at radius 1 is 1.08 bits per heavy atom. The number of aryl methyl sites for hydroxylation is 2. The number of nitrogens with one attached hydrogen (secondary N) is 1. The van der Waals surface area contributed by atoms with Crippen molar-refractivity contribution in [2.75, 3.05) is 6.26 Å². The number of sulfone groups is 1. The van der Waals surface area contributed by atoms with E-state index in [4.69, 9.17) is 4.42 Å². The third-order valence-corrected chi connectivity index (χ3v) is 5.65. The Morgan fingerprint density at radius 3 is 2.31 bits per heavy atom. The minimum Gasteiger partial charge on any atom is -0.450 e. The molecule has 3 rings (SSSR count). The molecule has 0 unspecified atom stereocenters. The lowest BCUT2D eigenvalue weighted by molar-refractivity contribution is 0.0913. The van der Waals surface area contributed by atoms with Crippen LogP contribution in [0.25, 0.3) is 11.0 Å². The summed E-state index contributed by atoms with van der Waals surface area (Å²) in [7, 11) is -3.24. The van der Waals surface area contributed by atoms with Crippen molar-refractivity contribution in [3.63, 3.8) is 0 Å². The maximum absolute atomic E-state index is 12.7. The van der Waals surface area contributed by atoms with Crippen LogP contribution >= 0.6 is 0 Å².